The zero-order valence-corrected chi connectivity index (χ0v) is 16.7. The summed E-state index contributed by atoms with van der Waals surface area (Å²) in [4.78, 5) is 16.6. The zero-order chi connectivity index (χ0) is 19.4. The average Bonchev–Trinajstić information content (AvgIpc) is 2.69. The number of benzene rings is 2. The summed E-state index contributed by atoms with van der Waals surface area (Å²) < 4.78 is 5.25. The van der Waals surface area contributed by atoms with E-state index in [1.807, 2.05) is 68.6 Å². The van der Waals surface area contributed by atoms with E-state index in [0.717, 1.165) is 33.4 Å². The van der Waals surface area contributed by atoms with Crippen LogP contribution in [0.4, 0.5) is 5.69 Å². The molecule has 3 rings (SSSR count). The van der Waals surface area contributed by atoms with Crippen molar-refractivity contribution in [2.75, 3.05) is 18.7 Å². The van der Waals surface area contributed by atoms with Gasteiger partial charge < -0.3 is 10.1 Å². The lowest BCUT2D eigenvalue weighted by molar-refractivity contribution is -0.498. The van der Waals surface area contributed by atoms with Crippen molar-refractivity contribution in [1.82, 2.24) is 5.32 Å². The summed E-state index contributed by atoms with van der Waals surface area (Å²) in [5, 5.41) is 7.25. The van der Waals surface area contributed by atoms with Crippen LogP contribution in [-0.2, 0) is 4.79 Å². The summed E-state index contributed by atoms with van der Waals surface area (Å²) in [5.74, 6) is 0.663. The molecule has 1 aliphatic rings. The van der Waals surface area contributed by atoms with E-state index in [-0.39, 0.29) is 11.9 Å². The lowest BCUT2D eigenvalue weighted by Crippen LogP contribution is -2.79. The number of allylic oxidation sites excluding steroid dienone is 1. The van der Waals surface area contributed by atoms with E-state index in [1.54, 1.807) is 18.9 Å². The number of hydrogen-bond donors (Lipinski definition) is 3. The molecule has 1 amide bonds. The molecule has 0 fully saturated rings. The zero-order valence-electron chi connectivity index (χ0n) is 15.9. The summed E-state index contributed by atoms with van der Waals surface area (Å²) in [6, 6.07) is 15.3. The number of carbonyl (C=O) groups is 1. The lowest BCUT2D eigenvalue weighted by atomic mass is 9.95. The third-order valence-electron chi connectivity index (χ3n) is 4.56. The first-order chi connectivity index (χ1) is 13.0. The van der Waals surface area contributed by atoms with E-state index < -0.39 is 0 Å². The Balaban J connectivity index is 1.96. The van der Waals surface area contributed by atoms with E-state index in [0.29, 0.717) is 5.57 Å². The average molecular weight is 383 g/mol. The van der Waals surface area contributed by atoms with Crippen LogP contribution >= 0.6 is 11.8 Å². The Morgan fingerprint density at radius 3 is 2.48 bits per heavy atom. The molecule has 140 valence electrons. The normalized spacial score (nSPS) is 16.4. The molecule has 5 nitrogen and oxygen atoms in total. The number of nitrogens with one attached hydrogen (secondary N) is 3. The van der Waals surface area contributed by atoms with Gasteiger partial charge in [0, 0.05) is 11.3 Å². The monoisotopic (exact) mass is 382 g/mol. The molecule has 0 bridgehead atoms. The molecule has 0 saturated carbocycles. The van der Waals surface area contributed by atoms with E-state index in [1.165, 1.54) is 0 Å². The third-order valence-corrected chi connectivity index (χ3v) is 5.19. The van der Waals surface area contributed by atoms with E-state index in [4.69, 9.17) is 4.74 Å². The van der Waals surface area contributed by atoms with Crippen LogP contribution in [0.25, 0.3) is 0 Å². The molecule has 0 spiro atoms. The fraction of sp³-hybridized carbons (Fsp3) is 0.238. The Hall–Kier alpha value is -2.73. The Labute approximate surface area is 163 Å². The molecule has 1 atom stereocenters. The molecule has 0 radical (unpaired) electrons. The van der Waals surface area contributed by atoms with E-state index in [2.05, 4.69) is 15.6 Å². The van der Waals surface area contributed by atoms with Gasteiger partial charge in [-0.15, -0.1) is 0 Å². The first-order valence-corrected chi connectivity index (χ1v) is 9.92. The molecule has 0 aromatic heterocycles. The van der Waals surface area contributed by atoms with Crippen LogP contribution in [0.2, 0.25) is 0 Å². The molecule has 6 heteroatoms. The maximum absolute atomic E-state index is 13.1. The largest absolute Gasteiger partial charge is 0.497 e. The van der Waals surface area contributed by atoms with Crippen LogP contribution in [0.3, 0.4) is 0 Å². The third kappa shape index (κ3) is 4.17. The number of amidine groups is 1. The molecular formula is C21H24N3O2S+. The maximum atomic E-state index is 13.1. The number of ether oxygens (including phenoxy) is 1. The molecule has 2 aromatic rings. The van der Waals surface area contributed by atoms with Crippen LogP contribution < -0.4 is 20.4 Å². The Morgan fingerprint density at radius 1 is 1.15 bits per heavy atom. The van der Waals surface area contributed by atoms with Gasteiger partial charge >= 0.3 is 5.17 Å². The second kappa shape index (κ2) is 8.31. The minimum absolute atomic E-state index is 0.122. The lowest BCUT2D eigenvalue weighted by Gasteiger charge is -2.22. The second-order valence-corrected chi connectivity index (χ2v) is 7.13. The van der Waals surface area contributed by atoms with Crippen molar-refractivity contribution in [3.8, 4) is 5.75 Å². The van der Waals surface area contributed by atoms with Gasteiger partial charge in [0.2, 0.25) is 0 Å². The highest BCUT2D eigenvalue weighted by molar-refractivity contribution is 8.12. The van der Waals surface area contributed by atoms with Crippen molar-refractivity contribution in [3.63, 3.8) is 0 Å². The minimum Gasteiger partial charge on any atom is -0.497 e. The topological polar surface area (TPSA) is 64.3 Å². The summed E-state index contributed by atoms with van der Waals surface area (Å²) in [6.45, 7) is 3.91. The number of thioether (sulfide) groups is 1. The molecule has 3 N–H and O–H groups in total. The van der Waals surface area contributed by atoms with E-state index in [9.17, 15) is 4.79 Å². The SMILES string of the molecule is COc1ccc(C2[NH+]=C(SC)NC(C)=C2C(=O)Nc2ccccc2C)cc1. The Kier molecular flexibility index (Phi) is 5.86. The van der Waals surface area contributed by atoms with Crippen LogP contribution in [0.5, 0.6) is 5.75 Å². The van der Waals surface area contributed by atoms with Gasteiger partial charge in [-0.1, -0.05) is 30.3 Å². The second-order valence-electron chi connectivity index (χ2n) is 6.32. The molecular weight excluding hydrogens is 358 g/mol. The first-order valence-electron chi connectivity index (χ1n) is 8.69. The number of rotatable bonds is 4. The number of aryl methyl sites for hydroxylation is 1. The van der Waals surface area contributed by atoms with Gasteiger partial charge in [-0.3, -0.25) is 9.79 Å². The molecule has 0 aliphatic carbocycles. The van der Waals surface area contributed by atoms with Gasteiger partial charge in [-0.2, -0.15) is 0 Å². The van der Waals surface area contributed by atoms with Gasteiger partial charge in [-0.25, -0.2) is 5.32 Å². The maximum Gasteiger partial charge on any atom is 0.309 e. The standard InChI is InChI=1S/C21H23N3O2S/c1-13-7-5-6-8-17(13)23-20(25)18-14(2)22-21(27-4)24-19(18)15-9-11-16(26-3)12-10-15/h5-12,19H,1-4H3,(H,22,24)(H,23,25)/p+1. The quantitative estimate of drug-likeness (QED) is 0.760. The van der Waals surface area contributed by atoms with Crippen LogP contribution in [0, 0.1) is 6.92 Å². The highest BCUT2D eigenvalue weighted by Gasteiger charge is 2.33. The highest BCUT2D eigenvalue weighted by Crippen LogP contribution is 2.26. The fourth-order valence-electron chi connectivity index (χ4n) is 3.05. The van der Waals surface area contributed by atoms with Crippen molar-refractivity contribution >= 4 is 28.5 Å². The van der Waals surface area contributed by atoms with Crippen LogP contribution in [0.15, 0.2) is 59.8 Å². The van der Waals surface area contributed by atoms with Crippen molar-refractivity contribution in [1.29, 1.82) is 0 Å². The number of amides is 1. The van der Waals surface area contributed by atoms with Crippen molar-refractivity contribution in [3.05, 3.63) is 70.9 Å². The molecule has 0 saturated heterocycles. The molecule has 1 unspecified atom stereocenters. The smallest absolute Gasteiger partial charge is 0.309 e. The molecule has 1 heterocycles. The van der Waals surface area contributed by atoms with Crippen molar-refractivity contribution in [2.24, 2.45) is 0 Å². The van der Waals surface area contributed by atoms with Gasteiger partial charge in [0.1, 0.15) is 17.0 Å². The number of hydrogen-bond acceptors (Lipinski definition) is 4. The molecule has 1 aliphatic heterocycles. The Morgan fingerprint density at radius 2 is 1.85 bits per heavy atom. The van der Waals surface area contributed by atoms with Crippen LogP contribution in [-0.4, -0.2) is 24.4 Å². The summed E-state index contributed by atoms with van der Waals surface area (Å²) in [7, 11) is 1.64. The van der Waals surface area contributed by atoms with Crippen molar-refractivity contribution in [2.45, 2.75) is 19.9 Å². The van der Waals surface area contributed by atoms with Crippen LogP contribution in [0.1, 0.15) is 24.1 Å². The molecule has 2 aromatic carbocycles. The number of methoxy groups -OCH3 is 1. The van der Waals surface area contributed by atoms with Gasteiger partial charge in [-0.05, 0) is 55.6 Å². The predicted octanol–water partition coefficient (Wildman–Crippen LogP) is 2.36. The summed E-state index contributed by atoms with van der Waals surface area (Å²) in [5.41, 5.74) is 4.35. The first kappa shape index (κ1) is 19.0. The summed E-state index contributed by atoms with van der Waals surface area (Å²) in [6.07, 6.45) is 1.99. The van der Waals surface area contributed by atoms with E-state index >= 15 is 0 Å². The Bertz CT molecular complexity index is 904. The fourth-order valence-corrected chi connectivity index (χ4v) is 3.54. The highest BCUT2D eigenvalue weighted by atomic mass is 32.2. The minimum atomic E-state index is -0.247. The van der Waals surface area contributed by atoms with Gasteiger partial charge in [0.25, 0.3) is 5.91 Å². The number of anilines is 1. The summed E-state index contributed by atoms with van der Waals surface area (Å²) >= 11 is 1.58. The van der Waals surface area contributed by atoms with Crippen molar-refractivity contribution < 1.29 is 14.5 Å². The number of para-hydroxylation sites is 1. The molecule has 27 heavy (non-hydrogen) atoms. The number of carbonyl (C=O) groups excluding carboxylic acids is 1. The van der Waals surface area contributed by atoms with Gasteiger partial charge in [0.15, 0.2) is 6.04 Å². The van der Waals surface area contributed by atoms with Gasteiger partial charge in [0.05, 0.1) is 7.11 Å². The predicted molar refractivity (Wildman–Crippen MR) is 111 cm³/mol.